The first-order chi connectivity index (χ1) is 9.70. The van der Waals surface area contributed by atoms with Crippen molar-refractivity contribution in [3.8, 4) is 0 Å². The van der Waals surface area contributed by atoms with Gasteiger partial charge in [0.1, 0.15) is 5.78 Å². The van der Waals surface area contributed by atoms with Crippen LogP contribution in [0.15, 0.2) is 48.8 Å². The maximum absolute atomic E-state index is 12.2. The summed E-state index contributed by atoms with van der Waals surface area (Å²) in [5, 5.41) is 10.0. The Labute approximate surface area is 123 Å². The standard InChI is InChI=1S/C16H16ClNO2/c17-14-3-1-2-13(10-14)15(11-19)16(20)5-4-12-6-8-18-9-7-12/h1-3,6-10,15,19H,4-5,11H2/t15-/m1/s1. The van der Waals surface area contributed by atoms with Crippen molar-refractivity contribution >= 4 is 17.4 Å². The SMILES string of the molecule is O=C(CCc1ccncc1)[C@H](CO)c1cccc(Cl)c1. The van der Waals surface area contributed by atoms with Gasteiger partial charge in [-0.15, -0.1) is 0 Å². The highest BCUT2D eigenvalue weighted by atomic mass is 35.5. The minimum atomic E-state index is -0.504. The van der Waals surface area contributed by atoms with Crippen LogP contribution in [0, 0.1) is 0 Å². The first-order valence-corrected chi connectivity index (χ1v) is 6.86. The highest BCUT2D eigenvalue weighted by Crippen LogP contribution is 2.22. The Kier molecular flexibility index (Phi) is 5.27. The molecule has 1 N–H and O–H groups in total. The summed E-state index contributed by atoms with van der Waals surface area (Å²) >= 11 is 5.92. The largest absolute Gasteiger partial charge is 0.395 e. The van der Waals surface area contributed by atoms with E-state index in [1.54, 1.807) is 30.6 Å². The molecule has 1 atom stereocenters. The fourth-order valence-electron chi connectivity index (χ4n) is 2.11. The van der Waals surface area contributed by atoms with Gasteiger partial charge in [0.25, 0.3) is 0 Å². The van der Waals surface area contributed by atoms with Crippen LogP contribution in [-0.2, 0) is 11.2 Å². The number of ketones is 1. The average molecular weight is 290 g/mol. The predicted molar refractivity (Wildman–Crippen MR) is 78.8 cm³/mol. The quantitative estimate of drug-likeness (QED) is 0.889. The van der Waals surface area contributed by atoms with E-state index in [9.17, 15) is 9.90 Å². The molecular formula is C16H16ClNO2. The van der Waals surface area contributed by atoms with E-state index in [1.165, 1.54) is 0 Å². The summed E-state index contributed by atoms with van der Waals surface area (Å²) in [5.74, 6) is -0.484. The lowest BCUT2D eigenvalue weighted by atomic mass is 9.92. The highest BCUT2D eigenvalue weighted by molar-refractivity contribution is 6.30. The number of hydrogen-bond donors (Lipinski definition) is 1. The van der Waals surface area contributed by atoms with E-state index >= 15 is 0 Å². The number of hydrogen-bond acceptors (Lipinski definition) is 3. The Morgan fingerprint density at radius 3 is 2.65 bits per heavy atom. The molecule has 104 valence electrons. The normalized spacial score (nSPS) is 12.1. The zero-order valence-corrected chi connectivity index (χ0v) is 11.8. The average Bonchev–Trinajstić information content (AvgIpc) is 2.47. The zero-order valence-electron chi connectivity index (χ0n) is 11.0. The van der Waals surface area contributed by atoms with Gasteiger partial charge in [0.15, 0.2) is 0 Å². The van der Waals surface area contributed by atoms with Crippen molar-refractivity contribution in [1.29, 1.82) is 0 Å². The van der Waals surface area contributed by atoms with Crippen LogP contribution in [0.4, 0.5) is 0 Å². The molecule has 0 aliphatic rings. The lowest BCUT2D eigenvalue weighted by molar-refractivity contribution is -0.121. The summed E-state index contributed by atoms with van der Waals surface area (Å²) in [6.45, 7) is -0.199. The van der Waals surface area contributed by atoms with Crippen molar-refractivity contribution in [2.75, 3.05) is 6.61 Å². The summed E-state index contributed by atoms with van der Waals surface area (Å²) in [6, 6.07) is 10.9. The molecule has 2 aromatic rings. The zero-order chi connectivity index (χ0) is 14.4. The number of pyridine rings is 1. The van der Waals surface area contributed by atoms with Gasteiger partial charge in [0.2, 0.25) is 0 Å². The first kappa shape index (κ1) is 14.7. The lowest BCUT2D eigenvalue weighted by Crippen LogP contribution is -2.17. The van der Waals surface area contributed by atoms with E-state index < -0.39 is 5.92 Å². The maximum atomic E-state index is 12.2. The van der Waals surface area contributed by atoms with E-state index in [1.807, 2.05) is 18.2 Å². The number of aryl methyl sites for hydroxylation is 1. The number of carbonyl (C=O) groups excluding carboxylic acids is 1. The molecule has 0 aliphatic carbocycles. The minimum absolute atomic E-state index is 0.0200. The van der Waals surface area contributed by atoms with Crippen molar-refractivity contribution < 1.29 is 9.90 Å². The third kappa shape index (κ3) is 3.89. The van der Waals surface area contributed by atoms with Crippen LogP contribution in [-0.4, -0.2) is 22.5 Å². The number of halogens is 1. The number of nitrogens with zero attached hydrogens (tertiary/aromatic N) is 1. The van der Waals surface area contributed by atoms with Crippen LogP contribution in [0.2, 0.25) is 5.02 Å². The molecule has 0 bridgehead atoms. The third-order valence-corrected chi connectivity index (χ3v) is 3.47. The molecule has 0 aliphatic heterocycles. The fraction of sp³-hybridized carbons (Fsp3) is 0.250. The van der Waals surface area contributed by atoms with E-state index in [4.69, 9.17) is 11.6 Å². The van der Waals surface area contributed by atoms with Crippen molar-refractivity contribution in [3.63, 3.8) is 0 Å². The van der Waals surface area contributed by atoms with Gasteiger partial charge in [0.05, 0.1) is 12.5 Å². The van der Waals surface area contributed by atoms with Gasteiger partial charge in [-0.2, -0.15) is 0 Å². The van der Waals surface area contributed by atoms with Crippen LogP contribution in [0.25, 0.3) is 0 Å². The fourth-order valence-corrected chi connectivity index (χ4v) is 2.31. The summed E-state index contributed by atoms with van der Waals surface area (Å²) in [6.07, 6.45) is 4.46. The Balaban J connectivity index is 2.02. The van der Waals surface area contributed by atoms with Crippen molar-refractivity contribution in [1.82, 2.24) is 4.98 Å². The number of aromatic nitrogens is 1. The second kappa shape index (κ2) is 7.17. The van der Waals surface area contributed by atoms with E-state index in [-0.39, 0.29) is 12.4 Å². The molecular weight excluding hydrogens is 274 g/mol. The van der Waals surface area contributed by atoms with E-state index in [2.05, 4.69) is 4.98 Å². The number of aliphatic hydroxyl groups is 1. The summed E-state index contributed by atoms with van der Waals surface area (Å²) in [4.78, 5) is 16.2. The number of carbonyl (C=O) groups is 1. The van der Waals surface area contributed by atoms with E-state index in [0.29, 0.717) is 17.9 Å². The van der Waals surface area contributed by atoms with Crippen LogP contribution < -0.4 is 0 Å². The minimum Gasteiger partial charge on any atom is -0.395 e. The molecule has 0 amide bonds. The highest BCUT2D eigenvalue weighted by Gasteiger charge is 2.19. The smallest absolute Gasteiger partial charge is 0.142 e. The molecule has 0 saturated carbocycles. The summed E-state index contributed by atoms with van der Waals surface area (Å²) in [5.41, 5.74) is 1.83. The summed E-state index contributed by atoms with van der Waals surface area (Å²) < 4.78 is 0. The van der Waals surface area contributed by atoms with Gasteiger partial charge in [0, 0.05) is 23.8 Å². The molecule has 1 heterocycles. The number of aliphatic hydroxyl groups excluding tert-OH is 1. The molecule has 0 radical (unpaired) electrons. The van der Waals surface area contributed by atoms with Crippen molar-refractivity contribution in [2.45, 2.75) is 18.8 Å². The monoisotopic (exact) mass is 289 g/mol. The number of Topliss-reactive ketones (excluding diaryl/α,β-unsaturated/α-hetero) is 1. The Morgan fingerprint density at radius 2 is 2.00 bits per heavy atom. The number of benzene rings is 1. The Morgan fingerprint density at radius 1 is 1.25 bits per heavy atom. The van der Waals surface area contributed by atoms with Crippen LogP contribution in [0.3, 0.4) is 0 Å². The molecule has 0 unspecified atom stereocenters. The molecule has 2 rings (SSSR count). The molecule has 0 spiro atoms. The van der Waals surface area contributed by atoms with Crippen LogP contribution in [0.1, 0.15) is 23.5 Å². The van der Waals surface area contributed by atoms with Crippen LogP contribution in [0.5, 0.6) is 0 Å². The van der Waals surface area contributed by atoms with Crippen LogP contribution >= 0.6 is 11.6 Å². The Hall–Kier alpha value is -1.71. The third-order valence-electron chi connectivity index (χ3n) is 3.23. The molecule has 3 nitrogen and oxygen atoms in total. The second-order valence-corrected chi connectivity index (χ2v) is 5.05. The maximum Gasteiger partial charge on any atom is 0.142 e. The van der Waals surface area contributed by atoms with Gasteiger partial charge >= 0.3 is 0 Å². The first-order valence-electron chi connectivity index (χ1n) is 6.48. The van der Waals surface area contributed by atoms with Crippen molar-refractivity contribution in [2.24, 2.45) is 0 Å². The van der Waals surface area contributed by atoms with Crippen molar-refractivity contribution in [3.05, 3.63) is 64.9 Å². The molecule has 1 aromatic carbocycles. The molecule has 0 fully saturated rings. The second-order valence-electron chi connectivity index (χ2n) is 4.61. The molecule has 4 heteroatoms. The van der Waals surface area contributed by atoms with E-state index in [0.717, 1.165) is 11.1 Å². The summed E-state index contributed by atoms with van der Waals surface area (Å²) in [7, 11) is 0. The molecule has 1 aromatic heterocycles. The topological polar surface area (TPSA) is 50.2 Å². The van der Waals surface area contributed by atoms with Gasteiger partial charge in [-0.3, -0.25) is 9.78 Å². The van der Waals surface area contributed by atoms with Gasteiger partial charge < -0.3 is 5.11 Å². The Bertz CT molecular complexity index is 572. The number of rotatable bonds is 6. The predicted octanol–water partition coefficient (Wildman–Crippen LogP) is 3.01. The van der Waals surface area contributed by atoms with Gasteiger partial charge in [-0.25, -0.2) is 0 Å². The lowest BCUT2D eigenvalue weighted by Gasteiger charge is -2.13. The molecule has 0 saturated heterocycles. The molecule has 20 heavy (non-hydrogen) atoms. The van der Waals surface area contributed by atoms with Gasteiger partial charge in [-0.1, -0.05) is 23.7 Å². The van der Waals surface area contributed by atoms with Gasteiger partial charge in [-0.05, 0) is 41.8 Å².